The summed E-state index contributed by atoms with van der Waals surface area (Å²) in [6.07, 6.45) is 9.24. The molecule has 3 aliphatic rings. The molecular weight excluding hydrogens is 344 g/mol. The Hall–Kier alpha value is -2.15. The van der Waals surface area contributed by atoms with Crippen LogP contribution in [-0.2, 0) is 14.3 Å². The highest BCUT2D eigenvalue weighted by Crippen LogP contribution is 2.33. The summed E-state index contributed by atoms with van der Waals surface area (Å²) in [5, 5.41) is 6.31. The highest BCUT2D eigenvalue weighted by Gasteiger charge is 2.42. The Kier molecular flexibility index (Phi) is 5.57. The minimum absolute atomic E-state index is 0.00663. The molecule has 3 fully saturated rings. The fourth-order valence-corrected chi connectivity index (χ4v) is 4.28. The minimum atomic E-state index is -0.0184. The van der Waals surface area contributed by atoms with Crippen LogP contribution < -0.4 is 10.6 Å². The number of hydrogen-bond acceptors (Lipinski definition) is 5. The Morgan fingerprint density at radius 1 is 1.26 bits per heavy atom. The number of fused-ring (bicyclic) bond motifs is 1. The van der Waals surface area contributed by atoms with Crippen LogP contribution in [-0.4, -0.2) is 59.6 Å². The number of amides is 2. The quantitative estimate of drug-likeness (QED) is 0.820. The number of carbonyl (C=O) groups excluding carboxylic acids is 2. The Labute approximate surface area is 159 Å². The molecule has 1 aromatic rings. The van der Waals surface area contributed by atoms with Crippen molar-refractivity contribution in [2.75, 3.05) is 25.0 Å². The third kappa shape index (κ3) is 4.24. The molecule has 0 spiro atoms. The van der Waals surface area contributed by atoms with E-state index in [1.54, 1.807) is 12.4 Å². The van der Waals surface area contributed by atoms with Gasteiger partial charge in [-0.05, 0) is 50.7 Å². The largest absolute Gasteiger partial charge is 0.375 e. The molecule has 2 amide bonds. The summed E-state index contributed by atoms with van der Waals surface area (Å²) in [6.45, 7) is 1.39. The first kappa shape index (κ1) is 18.2. The molecule has 2 N–H and O–H groups in total. The molecule has 2 saturated carbocycles. The lowest BCUT2D eigenvalue weighted by Crippen LogP contribution is -2.58. The van der Waals surface area contributed by atoms with Crippen LogP contribution in [0.3, 0.4) is 0 Å². The predicted molar refractivity (Wildman–Crippen MR) is 101 cm³/mol. The lowest BCUT2D eigenvalue weighted by molar-refractivity contribution is -0.152. The lowest BCUT2D eigenvalue weighted by atomic mass is 9.81. The zero-order valence-corrected chi connectivity index (χ0v) is 15.6. The maximum absolute atomic E-state index is 12.8. The molecule has 1 aromatic heterocycles. The molecule has 0 unspecified atom stereocenters. The molecule has 7 nitrogen and oxygen atoms in total. The fraction of sp³-hybridized carbons (Fsp3) is 0.650. The van der Waals surface area contributed by atoms with Gasteiger partial charge in [-0.3, -0.25) is 14.6 Å². The third-order valence-electron chi connectivity index (χ3n) is 6.07. The summed E-state index contributed by atoms with van der Waals surface area (Å²) in [4.78, 5) is 31.4. The summed E-state index contributed by atoms with van der Waals surface area (Å²) >= 11 is 0. The number of morpholine rings is 1. The zero-order valence-electron chi connectivity index (χ0n) is 15.6. The van der Waals surface area contributed by atoms with Crippen LogP contribution in [0.25, 0.3) is 0 Å². The standard InChI is InChI=1S/C20H28N4O3/c25-19(13-22-16-5-2-8-21-12-16)24-9-10-27-18-7-6-14(11-17(18)24)20(26)23-15-3-1-4-15/h2,5,8,12,14-15,17-18,22H,1,3-4,6-7,9-11,13H2,(H,23,26)/t14-,17+,18+/m0/s1. The molecule has 146 valence electrons. The number of ether oxygens (including phenoxy) is 1. The Morgan fingerprint density at radius 3 is 2.89 bits per heavy atom. The van der Waals surface area contributed by atoms with E-state index in [4.69, 9.17) is 4.74 Å². The lowest BCUT2D eigenvalue weighted by Gasteiger charge is -2.46. The van der Waals surface area contributed by atoms with Gasteiger partial charge in [-0.25, -0.2) is 0 Å². The number of aromatic nitrogens is 1. The molecule has 2 heterocycles. The van der Waals surface area contributed by atoms with Crippen LogP contribution in [0.15, 0.2) is 24.5 Å². The van der Waals surface area contributed by atoms with Gasteiger partial charge in [-0.2, -0.15) is 0 Å². The van der Waals surface area contributed by atoms with Crippen molar-refractivity contribution in [2.45, 2.75) is 56.7 Å². The number of carbonyl (C=O) groups is 2. The Balaban J connectivity index is 1.35. The SMILES string of the molecule is O=C(NC1CCC1)[C@H]1CC[C@H]2OCCN(C(=O)CNc3cccnc3)[C@@H]2C1. The second-order valence-electron chi connectivity index (χ2n) is 7.81. The van der Waals surface area contributed by atoms with Crippen molar-refractivity contribution < 1.29 is 14.3 Å². The summed E-state index contributed by atoms with van der Waals surface area (Å²) in [7, 11) is 0. The van der Waals surface area contributed by atoms with Crippen LogP contribution in [0.1, 0.15) is 38.5 Å². The maximum atomic E-state index is 12.8. The van der Waals surface area contributed by atoms with Crippen molar-refractivity contribution >= 4 is 17.5 Å². The molecular formula is C20H28N4O3. The van der Waals surface area contributed by atoms with Crippen LogP contribution in [0, 0.1) is 5.92 Å². The van der Waals surface area contributed by atoms with E-state index in [0.717, 1.165) is 31.4 Å². The molecule has 1 aliphatic heterocycles. The predicted octanol–water partition coefficient (Wildman–Crippen LogP) is 1.56. The average Bonchev–Trinajstić information content (AvgIpc) is 2.68. The Bertz CT molecular complexity index is 664. The van der Waals surface area contributed by atoms with E-state index in [1.807, 2.05) is 17.0 Å². The molecule has 4 rings (SSSR count). The van der Waals surface area contributed by atoms with Crippen molar-refractivity contribution in [3.63, 3.8) is 0 Å². The van der Waals surface area contributed by atoms with Gasteiger partial charge in [0.05, 0.1) is 31.0 Å². The second-order valence-corrected chi connectivity index (χ2v) is 7.81. The third-order valence-corrected chi connectivity index (χ3v) is 6.07. The molecule has 0 bridgehead atoms. The summed E-state index contributed by atoms with van der Waals surface area (Å²) in [5.74, 6) is 0.192. The number of nitrogens with one attached hydrogen (secondary N) is 2. The van der Waals surface area contributed by atoms with Crippen molar-refractivity contribution in [2.24, 2.45) is 5.92 Å². The van der Waals surface area contributed by atoms with E-state index < -0.39 is 0 Å². The van der Waals surface area contributed by atoms with E-state index in [1.165, 1.54) is 6.42 Å². The highest BCUT2D eigenvalue weighted by atomic mass is 16.5. The molecule has 0 aromatic carbocycles. The minimum Gasteiger partial charge on any atom is -0.375 e. The van der Waals surface area contributed by atoms with E-state index in [0.29, 0.717) is 25.6 Å². The first-order chi connectivity index (χ1) is 13.2. The fourth-order valence-electron chi connectivity index (χ4n) is 4.28. The normalized spacial score (nSPS) is 28.0. The van der Waals surface area contributed by atoms with Gasteiger partial charge in [0.25, 0.3) is 0 Å². The van der Waals surface area contributed by atoms with Crippen LogP contribution in [0.2, 0.25) is 0 Å². The van der Waals surface area contributed by atoms with Crippen molar-refractivity contribution in [3.8, 4) is 0 Å². The molecule has 1 saturated heterocycles. The summed E-state index contributed by atoms with van der Waals surface area (Å²) in [6, 6.07) is 4.08. The van der Waals surface area contributed by atoms with Gasteiger partial charge in [-0.1, -0.05) is 0 Å². The van der Waals surface area contributed by atoms with Crippen molar-refractivity contribution in [3.05, 3.63) is 24.5 Å². The van der Waals surface area contributed by atoms with Gasteiger partial charge in [0.15, 0.2) is 0 Å². The number of hydrogen-bond donors (Lipinski definition) is 2. The molecule has 27 heavy (non-hydrogen) atoms. The van der Waals surface area contributed by atoms with Crippen molar-refractivity contribution in [1.82, 2.24) is 15.2 Å². The van der Waals surface area contributed by atoms with Gasteiger partial charge in [0.1, 0.15) is 0 Å². The van der Waals surface area contributed by atoms with E-state index in [9.17, 15) is 9.59 Å². The van der Waals surface area contributed by atoms with E-state index >= 15 is 0 Å². The van der Waals surface area contributed by atoms with Crippen LogP contribution in [0.4, 0.5) is 5.69 Å². The monoisotopic (exact) mass is 372 g/mol. The molecule has 2 aliphatic carbocycles. The summed E-state index contributed by atoms with van der Waals surface area (Å²) in [5.41, 5.74) is 0.831. The highest BCUT2D eigenvalue weighted by molar-refractivity contribution is 5.82. The van der Waals surface area contributed by atoms with Gasteiger partial charge in [0, 0.05) is 30.9 Å². The second kappa shape index (κ2) is 8.25. The van der Waals surface area contributed by atoms with Gasteiger partial charge < -0.3 is 20.3 Å². The van der Waals surface area contributed by atoms with Crippen LogP contribution in [0.5, 0.6) is 0 Å². The average molecular weight is 372 g/mol. The smallest absolute Gasteiger partial charge is 0.242 e. The van der Waals surface area contributed by atoms with Crippen molar-refractivity contribution in [1.29, 1.82) is 0 Å². The number of pyridine rings is 1. The number of anilines is 1. The molecule has 7 heteroatoms. The van der Waals surface area contributed by atoms with Gasteiger partial charge in [0.2, 0.25) is 11.8 Å². The topological polar surface area (TPSA) is 83.6 Å². The summed E-state index contributed by atoms with van der Waals surface area (Å²) < 4.78 is 5.91. The first-order valence-corrected chi connectivity index (χ1v) is 10.1. The first-order valence-electron chi connectivity index (χ1n) is 10.1. The number of nitrogens with zero attached hydrogens (tertiary/aromatic N) is 2. The van der Waals surface area contributed by atoms with Crippen LogP contribution >= 0.6 is 0 Å². The zero-order chi connectivity index (χ0) is 18.6. The maximum Gasteiger partial charge on any atom is 0.242 e. The van der Waals surface area contributed by atoms with Gasteiger partial charge >= 0.3 is 0 Å². The van der Waals surface area contributed by atoms with Gasteiger partial charge in [-0.15, -0.1) is 0 Å². The molecule has 3 atom stereocenters. The molecule has 0 radical (unpaired) electrons. The van der Waals surface area contributed by atoms with E-state index in [2.05, 4.69) is 15.6 Å². The van der Waals surface area contributed by atoms with E-state index in [-0.39, 0.29) is 36.4 Å². The Morgan fingerprint density at radius 2 is 2.15 bits per heavy atom. The number of rotatable bonds is 5.